The van der Waals surface area contributed by atoms with Crippen LogP contribution in [-0.4, -0.2) is 48.0 Å². The monoisotopic (exact) mass is 494 g/mol. The van der Waals surface area contributed by atoms with Gasteiger partial charge in [-0.15, -0.1) is 0 Å². The van der Waals surface area contributed by atoms with E-state index in [-0.39, 0.29) is 36.8 Å². The van der Waals surface area contributed by atoms with Crippen LogP contribution in [0.4, 0.5) is 11.5 Å². The van der Waals surface area contributed by atoms with E-state index >= 15 is 0 Å². The van der Waals surface area contributed by atoms with Crippen molar-refractivity contribution in [3.8, 4) is 11.5 Å². The lowest BCUT2D eigenvalue weighted by molar-refractivity contribution is -0.385. The normalized spacial score (nSPS) is 10.7. The molecule has 174 valence electrons. The molecule has 0 bridgehead atoms. The summed E-state index contributed by atoms with van der Waals surface area (Å²) in [6.45, 7) is 0.680. The van der Waals surface area contributed by atoms with Crippen molar-refractivity contribution in [2.45, 2.75) is 6.54 Å². The van der Waals surface area contributed by atoms with Crippen molar-refractivity contribution in [3.63, 3.8) is 0 Å². The third-order valence-corrected chi connectivity index (χ3v) is 5.15. The summed E-state index contributed by atoms with van der Waals surface area (Å²) in [5, 5.41) is 19.4. The van der Waals surface area contributed by atoms with Crippen molar-refractivity contribution in [2.75, 3.05) is 32.8 Å². The van der Waals surface area contributed by atoms with E-state index in [1.807, 2.05) is 0 Å². The average Bonchev–Trinajstić information content (AvgIpc) is 3.21. The Morgan fingerprint density at radius 1 is 1.15 bits per heavy atom. The number of nitro groups is 1. The number of benzene rings is 2. The number of hydrogen-bond donors (Lipinski definition) is 1. The van der Waals surface area contributed by atoms with E-state index in [0.717, 1.165) is 11.6 Å². The first-order valence-electron chi connectivity index (χ1n) is 9.59. The van der Waals surface area contributed by atoms with Crippen molar-refractivity contribution in [2.24, 2.45) is 0 Å². The van der Waals surface area contributed by atoms with E-state index in [1.165, 1.54) is 31.2 Å². The zero-order valence-corrected chi connectivity index (χ0v) is 19.2. The second-order valence-corrected chi connectivity index (χ2v) is 7.53. The third-order valence-electron chi connectivity index (χ3n) is 4.56. The number of nitro benzene ring substituents is 1. The van der Waals surface area contributed by atoms with Gasteiger partial charge >= 0.3 is 0 Å². The fourth-order valence-electron chi connectivity index (χ4n) is 2.95. The van der Waals surface area contributed by atoms with Gasteiger partial charge < -0.3 is 19.5 Å². The Kier molecular flexibility index (Phi) is 8.10. The van der Waals surface area contributed by atoms with Gasteiger partial charge in [-0.1, -0.05) is 29.3 Å². The van der Waals surface area contributed by atoms with Crippen molar-refractivity contribution >= 4 is 40.6 Å². The van der Waals surface area contributed by atoms with Gasteiger partial charge in [0.15, 0.2) is 11.5 Å². The number of nitrogens with one attached hydrogen (secondary N) is 1. The van der Waals surface area contributed by atoms with Crippen LogP contribution >= 0.6 is 23.2 Å². The first-order chi connectivity index (χ1) is 15.8. The van der Waals surface area contributed by atoms with Crippen molar-refractivity contribution in [1.29, 1.82) is 0 Å². The number of carbonyl (C=O) groups is 1. The van der Waals surface area contributed by atoms with Crippen LogP contribution in [0.25, 0.3) is 0 Å². The van der Waals surface area contributed by atoms with Gasteiger partial charge in [0.2, 0.25) is 0 Å². The summed E-state index contributed by atoms with van der Waals surface area (Å²) in [5.41, 5.74) is 0.0891. The van der Waals surface area contributed by atoms with Crippen molar-refractivity contribution in [1.82, 2.24) is 9.78 Å². The van der Waals surface area contributed by atoms with E-state index < -0.39 is 16.5 Å². The van der Waals surface area contributed by atoms with Gasteiger partial charge in [-0.2, -0.15) is 5.10 Å². The molecule has 0 fully saturated rings. The molecule has 1 N–H and O–H groups in total. The fraction of sp³-hybridized carbons (Fsp3) is 0.238. The Morgan fingerprint density at radius 3 is 2.61 bits per heavy atom. The van der Waals surface area contributed by atoms with Gasteiger partial charge in [-0.3, -0.25) is 14.9 Å². The molecule has 0 atom stereocenters. The minimum absolute atomic E-state index is 0.125. The molecule has 1 amide bonds. The lowest BCUT2D eigenvalue weighted by Gasteiger charge is -2.13. The number of aromatic nitrogens is 2. The van der Waals surface area contributed by atoms with E-state index in [0.29, 0.717) is 15.9 Å². The smallest absolute Gasteiger partial charge is 0.286 e. The fourth-order valence-corrected chi connectivity index (χ4v) is 3.42. The average molecular weight is 495 g/mol. The predicted molar refractivity (Wildman–Crippen MR) is 123 cm³/mol. The molecule has 2 aromatic carbocycles. The summed E-state index contributed by atoms with van der Waals surface area (Å²) in [6.07, 6.45) is 1.49. The first-order valence-corrected chi connectivity index (χ1v) is 10.3. The van der Waals surface area contributed by atoms with Crippen LogP contribution in [-0.2, 0) is 11.3 Å². The maximum Gasteiger partial charge on any atom is 0.286 e. The predicted octanol–water partition coefficient (Wildman–Crippen LogP) is 4.43. The molecule has 0 radical (unpaired) electrons. The molecular weight excluding hydrogens is 475 g/mol. The molecule has 10 nitrogen and oxygen atoms in total. The van der Waals surface area contributed by atoms with Crippen LogP contribution in [0.1, 0.15) is 15.9 Å². The summed E-state index contributed by atoms with van der Waals surface area (Å²) in [6, 6.07) is 9.01. The Bertz CT molecular complexity index is 1170. The lowest BCUT2D eigenvalue weighted by atomic mass is 10.1. The van der Waals surface area contributed by atoms with E-state index in [4.69, 9.17) is 37.4 Å². The zero-order chi connectivity index (χ0) is 24.0. The number of anilines is 1. The number of amides is 1. The molecule has 0 unspecified atom stereocenters. The molecule has 0 spiro atoms. The highest BCUT2D eigenvalue weighted by molar-refractivity contribution is 6.35. The molecule has 33 heavy (non-hydrogen) atoms. The van der Waals surface area contributed by atoms with E-state index in [2.05, 4.69) is 10.4 Å². The third kappa shape index (κ3) is 5.92. The number of ether oxygens (including phenoxy) is 3. The summed E-state index contributed by atoms with van der Waals surface area (Å²) in [4.78, 5) is 24.0. The van der Waals surface area contributed by atoms with Gasteiger partial charge in [0.25, 0.3) is 11.6 Å². The number of carbonyl (C=O) groups excluding carboxylic acids is 1. The second-order valence-electron chi connectivity index (χ2n) is 6.68. The highest BCUT2D eigenvalue weighted by Crippen LogP contribution is 2.35. The second kappa shape index (κ2) is 11.0. The van der Waals surface area contributed by atoms with Gasteiger partial charge in [0.1, 0.15) is 18.0 Å². The van der Waals surface area contributed by atoms with Gasteiger partial charge in [0.05, 0.1) is 37.4 Å². The van der Waals surface area contributed by atoms with Gasteiger partial charge in [-0.05, 0) is 17.7 Å². The minimum atomic E-state index is -0.715. The molecule has 3 rings (SSSR count). The Balaban J connectivity index is 1.87. The standard InChI is InChI=1S/C21H20Cl2N4O6/c1-31-7-8-33-19-11-17(27(29)30)15(10-18(19)32-2)21(28)25-20-5-6-24-26(20)12-13-3-4-14(22)9-16(13)23/h3-6,9-11H,7-8,12H2,1-2H3,(H,25,28). The summed E-state index contributed by atoms with van der Waals surface area (Å²) < 4.78 is 17.1. The van der Waals surface area contributed by atoms with Crippen LogP contribution < -0.4 is 14.8 Å². The zero-order valence-electron chi connectivity index (χ0n) is 17.7. The molecule has 0 saturated heterocycles. The Morgan fingerprint density at radius 2 is 1.94 bits per heavy atom. The first kappa shape index (κ1) is 24.3. The summed E-state index contributed by atoms with van der Waals surface area (Å²) >= 11 is 12.2. The topological polar surface area (TPSA) is 118 Å². The number of nitrogens with zero attached hydrogens (tertiary/aromatic N) is 3. The quantitative estimate of drug-likeness (QED) is 0.251. The number of hydrogen-bond acceptors (Lipinski definition) is 7. The molecule has 0 aliphatic carbocycles. The number of halogens is 2. The van der Waals surface area contributed by atoms with E-state index in [1.54, 1.807) is 24.3 Å². The minimum Gasteiger partial charge on any atom is -0.493 e. The van der Waals surface area contributed by atoms with Crippen LogP contribution in [0, 0.1) is 10.1 Å². The largest absolute Gasteiger partial charge is 0.493 e. The molecule has 0 saturated carbocycles. The molecular formula is C21H20Cl2N4O6. The maximum absolute atomic E-state index is 13.0. The van der Waals surface area contributed by atoms with Crippen molar-refractivity contribution < 1.29 is 23.9 Å². The Labute approximate surface area is 199 Å². The number of methoxy groups -OCH3 is 2. The van der Waals surface area contributed by atoms with Gasteiger partial charge in [-0.25, -0.2) is 4.68 Å². The molecule has 0 aliphatic heterocycles. The lowest BCUT2D eigenvalue weighted by Crippen LogP contribution is -2.18. The maximum atomic E-state index is 13.0. The molecule has 12 heteroatoms. The highest BCUT2D eigenvalue weighted by Gasteiger charge is 2.25. The molecule has 1 heterocycles. The van der Waals surface area contributed by atoms with Gasteiger partial charge in [0, 0.05) is 29.3 Å². The summed E-state index contributed by atoms with van der Waals surface area (Å²) in [5.74, 6) is -0.101. The van der Waals surface area contributed by atoms with Crippen LogP contribution in [0.15, 0.2) is 42.6 Å². The molecule has 0 aliphatic rings. The molecule has 3 aromatic rings. The van der Waals surface area contributed by atoms with Crippen LogP contribution in [0.5, 0.6) is 11.5 Å². The number of rotatable bonds is 10. The van der Waals surface area contributed by atoms with Crippen LogP contribution in [0.3, 0.4) is 0 Å². The summed E-state index contributed by atoms with van der Waals surface area (Å²) in [7, 11) is 2.87. The van der Waals surface area contributed by atoms with Crippen LogP contribution in [0.2, 0.25) is 10.0 Å². The molecule has 1 aromatic heterocycles. The SMILES string of the molecule is COCCOc1cc([N+](=O)[O-])c(C(=O)Nc2ccnn2Cc2ccc(Cl)cc2Cl)cc1OC. The van der Waals surface area contributed by atoms with Crippen molar-refractivity contribution in [3.05, 3.63) is 73.9 Å². The highest BCUT2D eigenvalue weighted by atomic mass is 35.5. The Hall–Kier alpha value is -3.34. The van der Waals surface area contributed by atoms with E-state index in [9.17, 15) is 14.9 Å².